The summed E-state index contributed by atoms with van der Waals surface area (Å²) < 4.78 is 36.3. The molecule has 0 aliphatic carbocycles. The van der Waals surface area contributed by atoms with Crippen LogP contribution in [0.25, 0.3) is 0 Å². The van der Waals surface area contributed by atoms with Gasteiger partial charge in [0.15, 0.2) is 0 Å². The van der Waals surface area contributed by atoms with E-state index in [0.717, 1.165) is 5.56 Å². The minimum atomic E-state index is -5.19. The highest BCUT2D eigenvalue weighted by atomic mass is 19.4. The monoisotopic (exact) mass is 363 g/mol. The molecule has 0 heterocycles. The molecule has 2 N–H and O–H groups in total. The van der Waals surface area contributed by atoms with Gasteiger partial charge in [-0.2, -0.15) is 13.2 Å². The number of hydrogen-bond acceptors (Lipinski definition) is 5. The molecule has 6 nitrogen and oxygen atoms in total. The normalized spacial score (nSPS) is 11.7. The molecule has 0 fully saturated rings. The molecule has 0 unspecified atom stereocenters. The maximum atomic E-state index is 11.9. The lowest BCUT2D eigenvalue weighted by atomic mass is 10.0. The van der Waals surface area contributed by atoms with Crippen molar-refractivity contribution in [3.63, 3.8) is 0 Å². The molecule has 0 bridgehead atoms. The number of Topliss-reactive ketones (excluding diaryl/α,β-unsaturated/α-hetero) is 1. The van der Waals surface area contributed by atoms with Crippen LogP contribution in [0.2, 0.25) is 0 Å². The highest BCUT2D eigenvalue weighted by Gasteiger charge is 2.28. The smallest absolute Gasteiger partial charge is 0.430 e. The number of carboxylic acid groups (broad SMARTS) is 1. The molecule has 1 aromatic rings. The Balaban J connectivity index is 0.000000697. The Morgan fingerprint density at radius 3 is 2.12 bits per heavy atom. The van der Waals surface area contributed by atoms with Gasteiger partial charge >= 0.3 is 12.1 Å². The summed E-state index contributed by atoms with van der Waals surface area (Å²) in [4.78, 5) is 32.0. The van der Waals surface area contributed by atoms with E-state index in [2.05, 4.69) is 0 Å². The van der Waals surface area contributed by atoms with E-state index in [1.165, 1.54) is 0 Å². The van der Waals surface area contributed by atoms with E-state index in [0.29, 0.717) is 13.0 Å². The van der Waals surface area contributed by atoms with Crippen molar-refractivity contribution in [3.05, 3.63) is 35.9 Å². The number of carbonyl (C=O) groups excluding carboxylic acids is 3. The molecule has 0 aliphatic rings. The fourth-order valence-electron chi connectivity index (χ4n) is 1.77. The number of aliphatic carboxylic acids is 1. The molecule has 1 rings (SSSR count). The second kappa shape index (κ2) is 11.2. The van der Waals surface area contributed by atoms with Gasteiger partial charge in [0.05, 0.1) is 13.7 Å². The van der Waals surface area contributed by atoms with E-state index in [1.54, 1.807) is 6.92 Å². The Labute approximate surface area is 143 Å². The van der Waals surface area contributed by atoms with E-state index in [9.17, 15) is 22.8 Å². The van der Waals surface area contributed by atoms with Gasteiger partial charge in [-0.25, -0.2) is 0 Å². The Bertz CT molecular complexity index is 561. The molecule has 0 amide bonds. The Morgan fingerprint density at radius 2 is 1.72 bits per heavy atom. The van der Waals surface area contributed by atoms with Crippen LogP contribution in [-0.2, 0) is 25.5 Å². The summed E-state index contributed by atoms with van der Waals surface area (Å²) in [7, 11) is 1.84. The van der Waals surface area contributed by atoms with Gasteiger partial charge in [-0.1, -0.05) is 30.3 Å². The predicted octanol–water partition coefficient (Wildman–Crippen LogP) is -0.388. The van der Waals surface area contributed by atoms with E-state index in [-0.39, 0.29) is 18.2 Å². The number of carbonyl (C=O) groups is 3. The van der Waals surface area contributed by atoms with E-state index >= 15 is 0 Å². The second-order valence-corrected chi connectivity index (χ2v) is 4.86. The summed E-state index contributed by atoms with van der Waals surface area (Å²) in [5.74, 6) is -3.53. The number of halogens is 3. The third-order valence-corrected chi connectivity index (χ3v) is 2.97. The van der Waals surface area contributed by atoms with E-state index in [4.69, 9.17) is 14.6 Å². The lowest BCUT2D eigenvalue weighted by Gasteiger charge is -2.11. The quantitative estimate of drug-likeness (QED) is 0.525. The number of carboxylic acids is 1. The number of likely N-dealkylation sites (N-methyl/N-ethyl adjacent to an activating group) is 1. The van der Waals surface area contributed by atoms with Crippen molar-refractivity contribution < 1.29 is 42.7 Å². The van der Waals surface area contributed by atoms with Crippen LogP contribution in [-0.4, -0.2) is 43.6 Å². The summed E-state index contributed by atoms with van der Waals surface area (Å²) in [6.07, 6.45) is -4.70. The van der Waals surface area contributed by atoms with Gasteiger partial charge in [-0.05, 0) is 12.5 Å². The first-order chi connectivity index (χ1) is 11.6. The van der Waals surface area contributed by atoms with Gasteiger partial charge < -0.3 is 20.0 Å². The van der Waals surface area contributed by atoms with Crippen LogP contribution in [0.5, 0.6) is 0 Å². The topological polar surface area (TPSA) is 100 Å². The van der Waals surface area contributed by atoms with Crippen LogP contribution in [0, 0.1) is 0 Å². The first kappa shape index (κ1) is 22.6. The third-order valence-electron chi connectivity index (χ3n) is 2.97. The summed E-state index contributed by atoms with van der Waals surface area (Å²) >= 11 is 0. The van der Waals surface area contributed by atoms with Crippen molar-refractivity contribution in [2.24, 2.45) is 0 Å². The molecule has 0 aliphatic heterocycles. The van der Waals surface area contributed by atoms with Crippen molar-refractivity contribution in [3.8, 4) is 0 Å². The van der Waals surface area contributed by atoms with Gasteiger partial charge in [-0.3, -0.25) is 9.59 Å². The summed E-state index contributed by atoms with van der Waals surface area (Å²) in [6, 6.07) is 9.56. The lowest BCUT2D eigenvalue weighted by molar-refractivity contribution is -0.649. The largest absolute Gasteiger partial charge is 0.542 e. The number of esters is 1. The van der Waals surface area contributed by atoms with Crippen LogP contribution < -0.4 is 10.4 Å². The van der Waals surface area contributed by atoms with Crippen LogP contribution in [0.4, 0.5) is 13.2 Å². The van der Waals surface area contributed by atoms with Crippen molar-refractivity contribution in [1.29, 1.82) is 0 Å². The average Bonchev–Trinajstić information content (AvgIpc) is 2.53. The van der Waals surface area contributed by atoms with Crippen molar-refractivity contribution in [2.75, 3.05) is 13.7 Å². The molecule has 0 aromatic heterocycles. The molecular formula is C16H20F3NO5. The van der Waals surface area contributed by atoms with Gasteiger partial charge in [0, 0.05) is 6.42 Å². The molecule has 0 saturated heterocycles. The van der Waals surface area contributed by atoms with E-state index < -0.39 is 18.1 Å². The highest BCUT2D eigenvalue weighted by Crippen LogP contribution is 2.11. The number of alkyl halides is 3. The number of quaternary nitrogens is 1. The Kier molecular flexibility index (Phi) is 10.1. The minimum Gasteiger partial charge on any atom is -0.542 e. The average molecular weight is 363 g/mol. The number of hydrogen-bond donors (Lipinski definition) is 1. The maximum absolute atomic E-state index is 11.9. The fourth-order valence-corrected chi connectivity index (χ4v) is 1.77. The van der Waals surface area contributed by atoms with E-state index in [1.807, 2.05) is 42.7 Å². The van der Waals surface area contributed by atoms with Crippen LogP contribution in [0.3, 0.4) is 0 Å². The number of rotatable bonds is 7. The minimum absolute atomic E-state index is 0.0835. The zero-order valence-electron chi connectivity index (χ0n) is 13.8. The molecule has 1 atom stereocenters. The first-order valence-corrected chi connectivity index (χ1v) is 7.41. The lowest BCUT2D eigenvalue weighted by Crippen LogP contribution is -2.88. The summed E-state index contributed by atoms with van der Waals surface area (Å²) in [5, 5.41) is 10.6. The van der Waals surface area contributed by atoms with Gasteiger partial charge in [0.2, 0.25) is 5.78 Å². The highest BCUT2D eigenvalue weighted by molar-refractivity contribution is 5.97. The standard InChI is InChI=1S/C14H19NO3.C2HF3O2/c1-3-18-14(17)10-13(16)12(15-2)9-11-7-5-4-6-8-11;3-2(4,5)1(6)7/h4-8,12,15H,3,9-10H2,1-2H3;(H,6,7)/t12-;/m0./s1. The van der Waals surface area contributed by atoms with Crippen LogP contribution in [0.15, 0.2) is 30.3 Å². The molecule has 25 heavy (non-hydrogen) atoms. The summed E-state index contributed by atoms with van der Waals surface area (Å²) in [6.45, 7) is 2.04. The van der Waals surface area contributed by atoms with Crippen molar-refractivity contribution >= 4 is 17.7 Å². The zero-order valence-corrected chi connectivity index (χ0v) is 13.8. The molecule has 0 radical (unpaired) electrons. The molecule has 0 spiro atoms. The SMILES string of the molecule is CCOC(=O)CC(=O)[C@H](Cc1ccccc1)[NH2+]C.O=C([O-])C(F)(F)F. The molecular weight excluding hydrogens is 343 g/mol. The molecule has 140 valence electrons. The van der Waals surface area contributed by atoms with Crippen LogP contribution >= 0.6 is 0 Å². The second-order valence-electron chi connectivity index (χ2n) is 4.86. The van der Waals surface area contributed by atoms with Crippen molar-refractivity contribution in [2.45, 2.75) is 32.0 Å². The van der Waals surface area contributed by atoms with Crippen LogP contribution in [0.1, 0.15) is 18.9 Å². The van der Waals surface area contributed by atoms with Crippen molar-refractivity contribution in [1.82, 2.24) is 0 Å². The zero-order chi connectivity index (χ0) is 19.5. The maximum Gasteiger partial charge on any atom is 0.430 e. The predicted molar refractivity (Wildman–Crippen MR) is 79.1 cm³/mol. The van der Waals surface area contributed by atoms with Gasteiger partial charge in [0.1, 0.15) is 18.4 Å². The van der Waals surface area contributed by atoms with Gasteiger partial charge in [0.25, 0.3) is 0 Å². The van der Waals surface area contributed by atoms with Gasteiger partial charge in [-0.15, -0.1) is 0 Å². The summed E-state index contributed by atoms with van der Waals surface area (Å²) in [5.41, 5.74) is 1.10. The first-order valence-electron chi connectivity index (χ1n) is 7.41. The molecule has 1 aromatic carbocycles. The third kappa shape index (κ3) is 10.1. The molecule has 9 heteroatoms. The Hall–Kier alpha value is -2.42. The number of ether oxygens (including phenoxy) is 1. The number of benzene rings is 1. The Morgan fingerprint density at radius 1 is 1.20 bits per heavy atom. The number of nitrogens with two attached hydrogens (primary N) is 1. The molecule has 0 saturated carbocycles. The fraction of sp³-hybridized carbons (Fsp3) is 0.438. The number of ketones is 1.